The van der Waals surface area contributed by atoms with Crippen LogP contribution in [0.3, 0.4) is 0 Å². The van der Waals surface area contributed by atoms with Crippen LogP contribution in [0.2, 0.25) is 0 Å². The van der Waals surface area contributed by atoms with E-state index in [0.717, 1.165) is 16.5 Å². The largest absolute Gasteiger partial charge is 0.344 e. The molecule has 0 saturated heterocycles. The lowest BCUT2D eigenvalue weighted by atomic mass is 10.1. The Morgan fingerprint density at radius 1 is 1.29 bits per heavy atom. The molecule has 0 spiro atoms. The summed E-state index contributed by atoms with van der Waals surface area (Å²) in [7, 11) is -2.77. The van der Waals surface area contributed by atoms with Gasteiger partial charge in [-0.3, -0.25) is 0 Å². The Bertz CT molecular complexity index is 660. The maximum Gasteiger partial charge on any atom is 0.325 e. The third-order valence-corrected chi connectivity index (χ3v) is 3.26. The summed E-state index contributed by atoms with van der Waals surface area (Å²) < 4.78 is 35.3. The molecule has 0 aliphatic carbocycles. The smallest absolute Gasteiger partial charge is 0.325 e. The van der Waals surface area contributed by atoms with Crippen molar-refractivity contribution in [1.82, 2.24) is 4.57 Å². The number of rotatable bonds is 2. The van der Waals surface area contributed by atoms with E-state index < -0.39 is 10.2 Å². The summed E-state index contributed by atoms with van der Waals surface area (Å²) in [4.78, 5) is 0. The summed E-state index contributed by atoms with van der Waals surface area (Å²) in [5.74, 6) is 0. The van der Waals surface area contributed by atoms with Crippen molar-refractivity contribution in [2.75, 3.05) is 0 Å². The number of hydrogen-bond donors (Lipinski definition) is 0. The van der Waals surface area contributed by atoms with E-state index in [1.165, 1.54) is 6.08 Å². The number of para-hydroxylation sites is 1. The Kier molecular flexibility index (Phi) is 2.79. The predicted octanol–water partition coefficient (Wildman–Crippen LogP) is 2.76. The maximum atomic E-state index is 12.5. The van der Waals surface area contributed by atoms with Crippen molar-refractivity contribution in [2.24, 2.45) is 7.05 Å². The summed E-state index contributed by atoms with van der Waals surface area (Å²) in [6.07, 6.45) is 1.28. The third-order valence-electron chi connectivity index (χ3n) is 2.80. The molecule has 0 atom stereocenters. The van der Waals surface area contributed by atoms with Gasteiger partial charge >= 0.3 is 10.2 Å². The van der Waals surface area contributed by atoms with Crippen molar-refractivity contribution in [1.29, 1.82) is 0 Å². The Morgan fingerprint density at radius 2 is 1.94 bits per heavy atom. The number of aromatic nitrogens is 1. The zero-order valence-corrected chi connectivity index (χ0v) is 10.3. The zero-order valence-electron chi connectivity index (χ0n) is 9.51. The van der Waals surface area contributed by atoms with Crippen LogP contribution in [0.15, 0.2) is 29.7 Å². The van der Waals surface area contributed by atoms with Crippen LogP contribution in [0.5, 0.6) is 0 Å². The standard InChI is InChI=1S/C12H12FNO2S/c1-9-10-5-3-4-6-12(10)14(2)11(9)7-8-17(13,15)16/h3-8H,1-2H3/b8-7+. The van der Waals surface area contributed by atoms with Crippen molar-refractivity contribution in [2.45, 2.75) is 6.92 Å². The summed E-state index contributed by atoms with van der Waals surface area (Å²) in [5.41, 5.74) is 2.61. The van der Waals surface area contributed by atoms with Gasteiger partial charge in [-0.15, -0.1) is 3.89 Å². The van der Waals surface area contributed by atoms with Crippen molar-refractivity contribution in [3.05, 3.63) is 40.9 Å². The number of benzene rings is 1. The molecule has 0 N–H and O–H groups in total. The lowest BCUT2D eigenvalue weighted by molar-refractivity contribution is 0.563. The van der Waals surface area contributed by atoms with E-state index in [1.54, 1.807) is 0 Å². The van der Waals surface area contributed by atoms with E-state index in [0.29, 0.717) is 11.1 Å². The number of aryl methyl sites for hydroxylation is 2. The van der Waals surface area contributed by atoms with Gasteiger partial charge < -0.3 is 4.57 Å². The van der Waals surface area contributed by atoms with Gasteiger partial charge in [0.2, 0.25) is 0 Å². The molecule has 2 aromatic rings. The normalized spacial score (nSPS) is 12.6. The molecule has 0 fully saturated rings. The molecular weight excluding hydrogens is 241 g/mol. The molecule has 90 valence electrons. The molecule has 0 amide bonds. The Balaban J connectivity index is 2.67. The van der Waals surface area contributed by atoms with E-state index in [2.05, 4.69) is 0 Å². The molecule has 17 heavy (non-hydrogen) atoms. The molecule has 3 nitrogen and oxygen atoms in total. The molecule has 0 bridgehead atoms. The molecule has 5 heteroatoms. The average molecular weight is 253 g/mol. The highest BCUT2D eigenvalue weighted by Gasteiger charge is 2.09. The van der Waals surface area contributed by atoms with Crippen LogP contribution < -0.4 is 0 Å². The molecular formula is C12H12FNO2S. The van der Waals surface area contributed by atoms with Gasteiger partial charge in [-0.25, -0.2) is 0 Å². The fourth-order valence-corrected chi connectivity index (χ4v) is 2.28. The molecule has 1 heterocycles. The molecule has 1 aromatic carbocycles. The minimum absolute atomic E-state index is 0.578. The fourth-order valence-electron chi connectivity index (χ4n) is 1.99. The highest BCUT2D eigenvalue weighted by Crippen LogP contribution is 2.25. The van der Waals surface area contributed by atoms with E-state index in [-0.39, 0.29) is 0 Å². The van der Waals surface area contributed by atoms with Gasteiger partial charge in [0.25, 0.3) is 0 Å². The van der Waals surface area contributed by atoms with Crippen LogP contribution in [0.4, 0.5) is 3.89 Å². The van der Waals surface area contributed by atoms with Gasteiger partial charge in [0.05, 0.1) is 5.41 Å². The summed E-state index contributed by atoms with van der Waals surface area (Å²) in [6, 6.07) is 7.70. The van der Waals surface area contributed by atoms with Gasteiger partial charge in [-0.1, -0.05) is 18.2 Å². The minimum atomic E-state index is -4.59. The first-order chi connectivity index (χ1) is 7.90. The molecule has 2 rings (SSSR count). The summed E-state index contributed by atoms with van der Waals surface area (Å²) in [6.45, 7) is 1.88. The first-order valence-corrected chi connectivity index (χ1v) is 6.51. The molecule has 0 saturated carbocycles. The van der Waals surface area contributed by atoms with E-state index in [9.17, 15) is 12.3 Å². The van der Waals surface area contributed by atoms with Gasteiger partial charge in [0.1, 0.15) is 0 Å². The second-order valence-corrected chi connectivity index (χ2v) is 5.09. The first kappa shape index (κ1) is 11.9. The van der Waals surface area contributed by atoms with Crippen molar-refractivity contribution >= 4 is 27.2 Å². The van der Waals surface area contributed by atoms with Crippen LogP contribution in [0.25, 0.3) is 17.0 Å². The van der Waals surface area contributed by atoms with Crippen LogP contribution in [0.1, 0.15) is 11.3 Å². The highest BCUT2D eigenvalue weighted by molar-refractivity contribution is 7.89. The van der Waals surface area contributed by atoms with Crippen molar-refractivity contribution in [3.8, 4) is 0 Å². The maximum absolute atomic E-state index is 12.5. The molecule has 1 aromatic heterocycles. The Labute approximate surface area is 99.4 Å². The zero-order chi connectivity index (χ0) is 12.6. The molecule has 0 aliphatic heterocycles. The quantitative estimate of drug-likeness (QED) is 0.772. The topological polar surface area (TPSA) is 39.1 Å². The minimum Gasteiger partial charge on any atom is -0.344 e. The average Bonchev–Trinajstić information content (AvgIpc) is 2.49. The Hall–Kier alpha value is -1.62. The van der Waals surface area contributed by atoms with Crippen molar-refractivity contribution < 1.29 is 12.3 Å². The van der Waals surface area contributed by atoms with Gasteiger partial charge in [0.15, 0.2) is 0 Å². The second-order valence-electron chi connectivity index (χ2n) is 3.86. The number of halogens is 1. The number of nitrogens with zero attached hydrogens (tertiary/aromatic N) is 1. The first-order valence-electron chi connectivity index (χ1n) is 5.07. The monoisotopic (exact) mass is 253 g/mol. The summed E-state index contributed by atoms with van der Waals surface area (Å²) in [5, 5.41) is 1.61. The van der Waals surface area contributed by atoms with Crippen LogP contribution in [-0.4, -0.2) is 13.0 Å². The van der Waals surface area contributed by atoms with E-state index in [1.807, 2.05) is 42.8 Å². The van der Waals surface area contributed by atoms with Crippen molar-refractivity contribution in [3.63, 3.8) is 0 Å². The second kappa shape index (κ2) is 4.00. The van der Waals surface area contributed by atoms with Crippen LogP contribution in [0, 0.1) is 6.92 Å². The van der Waals surface area contributed by atoms with Crippen LogP contribution in [-0.2, 0) is 17.3 Å². The summed E-state index contributed by atoms with van der Waals surface area (Å²) >= 11 is 0. The fraction of sp³-hybridized carbons (Fsp3) is 0.167. The molecule has 0 radical (unpaired) electrons. The van der Waals surface area contributed by atoms with E-state index in [4.69, 9.17) is 0 Å². The molecule has 0 aliphatic rings. The van der Waals surface area contributed by atoms with Crippen LogP contribution >= 0.6 is 0 Å². The third kappa shape index (κ3) is 2.24. The predicted molar refractivity (Wildman–Crippen MR) is 66.7 cm³/mol. The number of fused-ring (bicyclic) bond motifs is 1. The van der Waals surface area contributed by atoms with Gasteiger partial charge in [-0.2, -0.15) is 8.42 Å². The van der Waals surface area contributed by atoms with Gasteiger partial charge in [0, 0.05) is 23.6 Å². The van der Waals surface area contributed by atoms with Gasteiger partial charge in [-0.05, 0) is 24.6 Å². The SMILES string of the molecule is Cc1c(/C=C/S(=O)(=O)F)n(C)c2ccccc12. The Morgan fingerprint density at radius 3 is 2.53 bits per heavy atom. The lowest BCUT2D eigenvalue weighted by Gasteiger charge is -1.98. The highest BCUT2D eigenvalue weighted by atomic mass is 32.3. The molecule has 0 unspecified atom stereocenters. The lowest BCUT2D eigenvalue weighted by Crippen LogP contribution is -1.92. The number of hydrogen-bond acceptors (Lipinski definition) is 2. The van der Waals surface area contributed by atoms with E-state index >= 15 is 0 Å².